The van der Waals surface area contributed by atoms with E-state index in [1.165, 1.54) is 34.9 Å². The van der Waals surface area contributed by atoms with Gasteiger partial charge in [-0.1, -0.05) is 64.8 Å². The third-order valence-corrected chi connectivity index (χ3v) is 5.42. The zero-order valence-corrected chi connectivity index (χ0v) is 14.1. The van der Waals surface area contributed by atoms with Gasteiger partial charge in [0.1, 0.15) is 0 Å². The molecule has 3 rings (SSSR count). The van der Waals surface area contributed by atoms with E-state index in [9.17, 15) is 0 Å². The highest BCUT2D eigenvalue weighted by molar-refractivity contribution is 9.10. The fourth-order valence-electron chi connectivity index (χ4n) is 3.17. The molecule has 1 aliphatic carbocycles. The van der Waals surface area contributed by atoms with Crippen LogP contribution in [0.4, 0.5) is 0 Å². The maximum atomic E-state index is 3.67. The van der Waals surface area contributed by atoms with Crippen LogP contribution in [0, 0.1) is 0 Å². The van der Waals surface area contributed by atoms with Crippen molar-refractivity contribution in [2.75, 3.05) is 7.05 Å². The maximum absolute atomic E-state index is 3.67. The summed E-state index contributed by atoms with van der Waals surface area (Å²) in [4.78, 5) is 0. The molecular weight excluding hydrogens is 322 g/mol. The first-order valence-corrected chi connectivity index (χ1v) is 8.58. The van der Waals surface area contributed by atoms with Crippen LogP contribution in [0.3, 0.4) is 0 Å². The lowest BCUT2D eigenvalue weighted by molar-refractivity contribution is 0.412. The van der Waals surface area contributed by atoms with Gasteiger partial charge in [0.15, 0.2) is 0 Å². The quantitative estimate of drug-likeness (QED) is 0.784. The lowest BCUT2D eigenvalue weighted by Crippen LogP contribution is -2.22. The van der Waals surface area contributed by atoms with Crippen LogP contribution >= 0.6 is 15.9 Å². The van der Waals surface area contributed by atoms with E-state index in [0.29, 0.717) is 6.04 Å². The van der Waals surface area contributed by atoms with Crippen LogP contribution in [0.2, 0.25) is 0 Å². The van der Waals surface area contributed by atoms with Crippen LogP contribution in [0.25, 0.3) is 0 Å². The van der Waals surface area contributed by atoms with E-state index in [-0.39, 0.29) is 0 Å². The molecule has 0 spiro atoms. The minimum absolute atomic E-state index is 0.375. The molecule has 0 bridgehead atoms. The number of halogens is 1. The van der Waals surface area contributed by atoms with Crippen LogP contribution in [0.15, 0.2) is 53.0 Å². The smallest absolute Gasteiger partial charge is 0.0361 e. The van der Waals surface area contributed by atoms with Crippen LogP contribution in [0.1, 0.15) is 47.9 Å². The lowest BCUT2D eigenvalue weighted by Gasteiger charge is -2.30. The van der Waals surface area contributed by atoms with Crippen molar-refractivity contribution in [3.05, 3.63) is 69.7 Å². The molecule has 0 radical (unpaired) electrons. The van der Waals surface area contributed by atoms with Crippen molar-refractivity contribution in [2.24, 2.45) is 0 Å². The Balaban J connectivity index is 1.88. The average Bonchev–Trinajstić information content (AvgIpc) is 2.46. The summed E-state index contributed by atoms with van der Waals surface area (Å²) in [6.45, 7) is 0. The van der Waals surface area contributed by atoms with Crippen LogP contribution in [-0.4, -0.2) is 7.05 Å². The van der Waals surface area contributed by atoms with Gasteiger partial charge in [0.05, 0.1) is 0 Å². The molecule has 1 unspecified atom stereocenters. The molecular formula is C19H22BrN. The molecule has 110 valence electrons. The topological polar surface area (TPSA) is 12.0 Å². The largest absolute Gasteiger partial charge is 0.313 e. The first-order chi connectivity index (χ1) is 10.3. The van der Waals surface area contributed by atoms with Crippen molar-refractivity contribution >= 4 is 15.9 Å². The van der Waals surface area contributed by atoms with Gasteiger partial charge in [-0.25, -0.2) is 0 Å². The highest BCUT2D eigenvalue weighted by Gasteiger charge is 2.24. The Morgan fingerprint density at radius 2 is 1.81 bits per heavy atom. The average molecular weight is 344 g/mol. The first-order valence-electron chi connectivity index (χ1n) is 7.79. The van der Waals surface area contributed by atoms with Crippen molar-refractivity contribution in [2.45, 2.75) is 37.6 Å². The highest BCUT2D eigenvalue weighted by atomic mass is 79.9. The molecule has 2 aromatic rings. The number of hydrogen-bond acceptors (Lipinski definition) is 1. The van der Waals surface area contributed by atoms with E-state index < -0.39 is 0 Å². The Labute approximate surface area is 135 Å². The Morgan fingerprint density at radius 3 is 2.48 bits per heavy atom. The summed E-state index contributed by atoms with van der Waals surface area (Å²) >= 11 is 3.67. The number of likely N-dealkylation sites (N-methyl/N-ethyl adjacent to an activating group) is 1. The molecule has 2 heteroatoms. The van der Waals surface area contributed by atoms with E-state index >= 15 is 0 Å². The SMILES string of the molecule is CNC(Cc1ccccc1Br)c1ccccc1C1CCC1. The molecule has 0 saturated heterocycles. The predicted molar refractivity (Wildman–Crippen MR) is 92.7 cm³/mol. The Morgan fingerprint density at radius 1 is 1.10 bits per heavy atom. The Hall–Kier alpha value is -1.12. The Bertz CT molecular complexity index is 604. The third kappa shape index (κ3) is 3.22. The zero-order chi connectivity index (χ0) is 14.7. The third-order valence-electron chi connectivity index (χ3n) is 4.65. The van der Waals surface area contributed by atoms with Gasteiger partial charge in [-0.05, 0) is 55.0 Å². The highest BCUT2D eigenvalue weighted by Crippen LogP contribution is 2.40. The van der Waals surface area contributed by atoms with Gasteiger partial charge >= 0.3 is 0 Å². The summed E-state index contributed by atoms with van der Waals surface area (Å²) in [6.07, 6.45) is 5.10. The van der Waals surface area contributed by atoms with Gasteiger partial charge in [-0.15, -0.1) is 0 Å². The van der Waals surface area contributed by atoms with Gasteiger partial charge in [-0.2, -0.15) is 0 Å². The molecule has 0 heterocycles. The van der Waals surface area contributed by atoms with E-state index in [1.807, 2.05) is 0 Å². The molecule has 1 atom stereocenters. The summed E-state index contributed by atoms with van der Waals surface area (Å²) in [5.74, 6) is 0.774. The Kier molecular flexibility index (Phi) is 4.77. The van der Waals surface area contributed by atoms with Crippen molar-refractivity contribution < 1.29 is 0 Å². The molecule has 1 aliphatic rings. The molecule has 0 aliphatic heterocycles. The molecule has 2 aromatic carbocycles. The fourth-order valence-corrected chi connectivity index (χ4v) is 3.62. The number of hydrogen-bond donors (Lipinski definition) is 1. The van der Waals surface area contributed by atoms with E-state index in [4.69, 9.17) is 0 Å². The number of rotatable bonds is 5. The van der Waals surface area contributed by atoms with E-state index in [0.717, 1.165) is 12.3 Å². The molecule has 0 amide bonds. The molecule has 1 N–H and O–H groups in total. The van der Waals surface area contributed by atoms with Crippen LogP contribution in [-0.2, 0) is 6.42 Å². The van der Waals surface area contributed by atoms with Crippen molar-refractivity contribution in [1.82, 2.24) is 5.32 Å². The number of nitrogens with one attached hydrogen (secondary N) is 1. The molecule has 1 fully saturated rings. The monoisotopic (exact) mass is 343 g/mol. The predicted octanol–water partition coefficient (Wildman–Crippen LogP) is 5.22. The standard InChI is InChI=1S/C19H22BrN/c1-21-19(13-15-7-2-5-12-18(15)20)17-11-4-3-10-16(17)14-8-6-9-14/h2-5,7,10-12,14,19,21H,6,8-9,13H2,1H3. The summed E-state index contributed by atoms with van der Waals surface area (Å²) in [7, 11) is 2.07. The minimum Gasteiger partial charge on any atom is -0.313 e. The maximum Gasteiger partial charge on any atom is 0.0361 e. The summed E-state index contributed by atoms with van der Waals surface area (Å²) < 4.78 is 1.20. The van der Waals surface area contributed by atoms with Crippen LogP contribution in [0.5, 0.6) is 0 Å². The number of benzene rings is 2. The second-order valence-corrected chi connectivity index (χ2v) is 6.75. The summed E-state index contributed by atoms with van der Waals surface area (Å²) in [5.41, 5.74) is 4.39. The fraction of sp³-hybridized carbons (Fsp3) is 0.368. The molecule has 1 saturated carbocycles. The van der Waals surface area contributed by atoms with Gasteiger partial charge in [0.2, 0.25) is 0 Å². The van der Waals surface area contributed by atoms with Gasteiger partial charge in [0.25, 0.3) is 0 Å². The zero-order valence-electron chi connectivity index (χ0n) is 12.5. The molecule has 1 nitrogen and oxygen atoms in total. The second kappa shape index (κ2) is 6.76. The van der Waals surface area contributed by atoms with Crippen molar-refractivity contribution in [1.29, 1.82) is 0 Å². The van der Waals surface area contributed by atoms with Gasteiger partial charge < -0.3 is 5.32 Å². The second-order valence-electron chi connectivity index (χ2n) is 5.89. The first kappa shape index (κ1) is 14.8. The lowest BCUT2D eigenvalue weighted by atomic mass is 9.76. The molecule has 0 aromatic heterocycles. The van der Waals surface area contributed by atoms with Crippen molar-refractivity contribution in [3.8, 4) is 0 Å². The van der Waals surface area contributed by atoms with E-state index in [2.05, 4.69) is 76.8 Å². The minimum atomic E-state index is 0.375. The molecule has 21 heavy (non-hydrogen) atoms. The van der Waals surface area contributed by atoms with Crippen LogP contribution < -0.4 is 5.32 Å². The van der Waals surface area contributed by atoms with Gasteiger partial charge in [-0.3, -0.25) is 0 Å². The van der Waals surface area contributed by atoms with Crippen molar-refractivity contribution in [3.63, 3.8) is 0 Å². The van der Waals surface area contributed by atoms with E-state index in [1.54, 1.807) is 5.56 Å². The summed E-state index contributed by atoms with van der Waals surface area (Å²) in [5, 5.41) is 3.52. The summed E-state index contributed by atoms with van der Waals surface area (Å²) in [6, 6.07) is 17.9. The van der Waals surface area contributed by atoms with Gasteiger partial charge in [0, 0.05) is 10.5 Å². The normalized spacial score (nSPS) is 16.5.